The SMILES string of the molecule is C1=C2CC/C=C\C/C=C\C/C=C\CCN3CC[C@@H]4[C@H]1CN1CCCC/C=C\CC[C@]4(C3)[C@@H]21. The van der Waals surface area contributed by atoms with E-state index < -0.39 is 0 Å². The second-order valence-corrected chi connectivity index (χ2v) is 10.9. The molecule has 1 aliphatic carbocycles. The van der Waals surface area contributed by atoms with E-state index in [4.69, 9.17) is 0 Å². The van der Waals surface area contributed by atoms with Crippen LogP contribution in [0.1, 0.15) is 70.6 Å². The van der Waals surface area contributed by atoms with Gasteiger partial charge >= 0.3 is 0 Å². The van der Waals surface area contributed by atoms with Gasteiger partial charge < -0.3 is 4.90 Å². The summed E-state index contributed by atoms with van der Waals surface area (Å²) in [5, 5.41) is 0. The molecule has 6 aliphatic rings. The summed E-state index contributed by atoms with van der Waals surface area (Å²) in [6.45, 7) is 6.51. The Kier molecular flexibility index (Phi) is 7.49. The fraction of sp³-hybridized carbons (Fsp3) is 0.667. The zero-order chi connectivity index (χ0) is 21.6. The quantitative estimate of drug-likeness (QED) is 0.394. The van der Waals surface area contributed by atoms with E-state index in [9.17, 15) is 0 Å². The van der Waals surface area contributed by atoms with E-state index in [1.165, 1.54) is 90.5 Å². The van der Waals surface area contributed by atoms with E-state index >= 15 is 0 Å². The molecule has 0 N–H and O–H groups in total. The summed E-state index contributed by atoms with van der Waals surface area (Å²) in [5.74, 6) is 1.69. The van der Waals surface area contributed by atoms with E-state index in [0.717, 1.165) is 24.7 Å². The maximum Gasteiger partial charge on any atom is 0.0379 e. The number of piperidine rings is 2. The third-order valence-electron chi connectivity index (χ3n) is 8.93. The van der Waals surface area contributed by atoms with Gasteiger partial charge in [-0.15, -0.1) is 0 Å². The molecule has 0 aromatic rings. The first-order valence-electron chi connectivity index (χ1n) is 13.6. The van der Waals surface area contributed by atoms with Crippen molar-refractivity contribution in [3.05, 3.63) is 60.3 Å². The average molecular weight is 433 g/mol. The van der Waals surface area contributed by atoms with Gasteiger partial charge in [0.1, 0.15) is 0 Å². The Bertz CT molecular complexity index is 772. The lowest BCUT2D eigenvalue weighted by molar-refractivity contribution is -0.109. The van der Waals surface area contributed by atoms with Crippen molar-refractivity contribution in [1.82, 2.24) is 9.80 Å². The molecule has 6 bridgehead atoms. The van der Waals surface area contributed by atoms with Gasteiger partial charge in [-0.2, -0.15) is 0 Å². The van der Waals surface area contributed by atoms with Crippen LogP contribution in [-0.4, -0.2) is 48.6 Å². The largest absolute Gasteiger partial charge is 0.302 e. The minimum atomic E-state index is 0.461. The van der Waals surface area contributed by atoms with Crippen molar-refractivity contribution in [3.63, 3.8) is 0 Å². The zero-order valence-corrected chi connectivity index (χ0v) is 20.1. The van der Waals surface area contributed by atoms with Crippen LogP contribution in [0.15, 0.2) is 60.3 Å². The minimum Gasteiger partial charge on any atom is -0.302 e. The number of hydrogen-bond donors (Lipinski definition) is 0. The number of rotatable bonds is 0. The Morgan fingerprint density at radius 1 is 0.750 bits per heavy atom. The van der Waals surface area contributed by atoms with Gasteiger partial charge in [0.15, 0.2) is 0 Å². The van der Waals surface area contributed by atoms with Crippen LogP contribution in [-0.2, 0) is 0 Å². The molecule has 0 aromatic heterocycles. The molecule has 2 nitrogen and oxygen atoms in total. The maximum atomic E-state index is 2.96. The van der Waals surface area contributed by atoms with Crippen molar-refractivity contribution in [2.45, 2.75) is 76.7 Å². The first-order valence-corrected chi connectivity index (χ1v) is 13.6. The normalized spacial score (nSPS) is 44.5. The van der Waals surface area contributed by atoms with Gasteiger partial charge in [0.2, 0.25) is 0 Å². The zero-order valence-electron chi connectivity index (χ0n) is 20.1. The molecule has 1 spiro atoms. The van der Waals surface area contributed by atoms with Crippen molar-refractivity contribution >= 4 is 0 Å². The van der Waals surface area contributed by atoms with Gasteiger partial charge in [0, 0.05) is 31.1 Å². The second kappa shape index (κ2) is 10.7. The van der Waals surface area contributed by atoms with Crippen LogP contribution in [0.2, 0.25) is 0 Å². The highest BCUT2D eigenvalue weighted by molar-refractivity contribution is 5.30. The molecule has 0 radical (unpaired) electrons. The van der Waals surface area contributed by atoms with Crippen molar-refractivity contribution < 1.29 is 0 Å². The van der Waals surface area contributed by atoms with Gasteiger partial charge in [0.25, 0.3) is 0 Å². The molecule has 5 aliphatic heterocycles. The van der Waals surface area contributed by atoms with Crippen molar-refractivity contribution in [1.29, 1.82) is 0 Å². The third-order valence-corrected chi connectivity index (χ3v) is 8.93. The second-order valence-electron chi connectivity index (χ2n) is 10.9. The molecule has 6 rings (SSSR count). The molecular weight excluding hydrogens is 388 g/mol. The van der Waals surface area contributed by atoms with E-state index in [2.05, 4.69) is 64.5 Å². The number of nitrogens with zero attached hydrogens (tertiary/aromatic N) is 2. The summed E-state index contributed by atoms with van der Waals surface area (Å²) >= 11 is 0. The van der Waals surface area contributed by atoms with Crippen molar-refractivity contribution in [2.75, 3.05) is 32.7 Å². The molecule has 0 saturated carbocycles. The number of allylic oxidation sites excluding steroid dienone is 7. The van der Waals surface area contributed by atoms with Crippen LogP contribution in [0.5, 0.6) is 0 Å². The lowest BCUT2D eigenvalue weighted by Gasteiger charge is -2.64. The van der Waals surface area contributed by atoms with E-state index in [-0.39, 0.29) is 0 Å². The monoisotopic (exact) mass is 432 g/mol. The van der Waals surface area contributed by atoms with Crippen LogP contribution in [0.25, 0.3) is 0 Å². The molecule has 32 heavy (non-hydrogen) atoms. The third kappa shape index (κ3) is 4.77. The van der Waals surface area contributed by atoms with Gasteiger partial charge in [-0.25, -0.2) is 0 Å². The number of fused-ring (bicyclic) bond motifs is 1. The van der Waals surface area contributed by atoms with Crippen molar-refractivity contribution in [3.8, 4) is 0 Å². The highest BCUT2D eigenvalue weighted by Gasteiger charge is 2.58. The van der Waals surface area contributed by atoms with Crippen LogP contribution in [0, 0.1) is 17.3 Å². The Morgan fingerprint density at radius 2 is 1.53 bits per heavy atom. The molecule has 6 atom stereocenters. The minimum absolute atomic E-state index is 0.461. The number of hydrogen-bond acceptors (Lipinski definition) is 2. The summed E-state index contributed by atoms with van der Waals surface area (Å²) in [7, 11) is 0. The topological polar surface area (TPSA) is 6.48 Å². The summed E-state index contributed by atoms with van der Waals surface area (Å²) in [5.41, 5.74) is 2.26. The van der Waals surface area contributed by atoms with Crippen molar-refractivity contribution in [2.24, 2.45) is 17.3 Å². The van der Waals surface area contributed by atoms with Crippen LogP contribution >= 0.6 is 0 Å². The summed E-state index contributed by atoms with van der Waals surface area (Å²) in [4.78, 5) is 5.81. The van der Waals surface area contributed by atoms with Gasteiger partial charge in [0.05, 0.1) is 0 Å². The summed E-state index contributed by atoms with van der Waals surface area (Å²) in [6, 6.07) is 0.686. The maximum absolute atomic E-state index is 2.96. The predicted octanol–water partition coefficient (Wildman–Crippen LogP) is 6.69. The van der Waals surface area contributed by atoms with Crippen LogP contribution in [0.3, 0.4) is 0 Å². The van der Waals surface area contributed by atoms with E-state index in [1.54, 1.807) is 5.57 Å². The smallest absolute Gasteiger partial charge is 0.0379 e. The molecule has 0 amide bonds. The Morgan fingerprint density at radius 3 is 2.44 bits per heavy atom. The van der Waals surface area contributed by atoms with E-state index in [1.807, 2.05) is 0 Å². The summed E-state index contributed by atoms with van der Waals surface area (Å²) < 4.78 is 0. The first-order chi connectivity index (χ1) is 15.9. The lowest BCUT2D eigenvalue weighted by atomic mass is 9.52. The molecular formula is C30H44N2. The van der Waals surface area contributed by atoms with Crippen LogP contribution in [0.4, 0.5) is 0 Å². The van der Waals surface area contributed by atoms with Crippen LogP contribution < -0.4 is 0 Å². The molecule has 2 fully saturated rings. The first kappa shape index (κ1) is 22.4. The van der Waals surface area contributed by atoms with E-state index in [0.29, 0.717) is 11.5 Å². The van der Waals surface area contributed by atoms with Gasteiger partial charge in [-0.05, 0) is 95.6 Å². The molecule has 5 heterocycles. The standard InChI is InChI=1S/C30H44N2/c1-2-4-7-11-15-20-31-22-18-28-27-23-26(17-13-9-5-3-1)29-30(28,25-31)19-14-10-6-8-12-16-21-32(29)24-27/h1-2,5-7,9-11,23,27-29H,3-4,8,12-22,24-25H2/b2-1-,9-5-,10-6-,11-7-/t27-,28-,29-,30-/m1/s1. The van der Waals surface area contributed by atoms with Gasteiger partial charge in [-0.1, -0.05) is 60.3 Å². The highest BCUT2D eigenvalue weighted by Crippen LogP contribution is 2.57. The molecule has 0 aromatic carbocycles. The fourth-order valence-electron chi connectivity index (χ4n) is 7.64. The Hall–Kier alpha value is -1.38. The highest BCUT2D eigenvalue weighted by atomic mass is 15.2. The molecule has 174 valence electrons. The fourth-order valence-corrected chi connectivity index (χ4v) is 7.64. The Labute approximate surface area is 196 Å². The molecule has 2 heteroatoms. The lowest BCUT2D eigenvalue weighted by Crippen LogP contribution is -2.68. The summed E-state index contributed by atoms with van der Waals surface area (Å²) in [6.07, 6.45) is 36.0. The molecule has 2 saturated heterocycles. The predicted molar refractivity (Wildman–Crippen MR) is 137 cm³/mol. The van der Waals surface area contributed by atoms with Gasteiger partial charge in [-0.3, -0.25) is 4.90 Å². The Balaban J connectivity index is 1.48. The molecule has 2 unspecified atom stereocenters. The average Bonchev–Trinajstić information content (AvgIpc) is 2.83.